The highest BCUT2D eigenvalue weighted by atomic mass is 32.1. The summed E-state index contributed by atoms with van der Waals surface area (Å²) >= 11 is 4.67. The molecule has 1 aliphatic heterocycles. The van der Waals surface area contributed by atoms with Crippen LogP contribution in [0.3, 0.4) is 0 Å². The predicted molar refractivity (Wildman–Crippen MR) is 102 cm³/mol. The van der Waals surface area contributed by atoms with E-state index in [1.807, 2.05) is 0 Å². The van der Waals surface area contributed by atoms with Crippen molar-refractivity contribution < 1.29 is 14.0 Å². The minimum absolute atomic E-state index is 0.201. The molecule has 0 spiro atoms. The van der Waals surface area contributed by atoms with E-state index in [0.29, 0.717) is 23.2 Å². The molecule has 1 aliphatic carbocycles. The monoisotopic (exact) mass is 379 g/mol. The van der Waals surface area contributed by atoms with Gasteiger partial charge in [0.05, 0.1) is 34.2 Å². The number of amides is 2. The van der Waals surface area contributed by atoms with Crippen LogP contribution < -0.4 is 0 Å². The van der Waals surface area contributed by atoms with Gasteiger partial charge in [0, 0.05) is 11.8 Å². The number of thiocarbonyl (C=S) groups is 1. The molecular weight excluding hydrogens is 365 g/mol. The maximum atomic E-state index is 14.8. The van der Waals surface area contributed by atoms with Crippen molar-refractivity contribution in [3.8, 4) is 0 Å². The van der Waals surface area contributed by atoms with Crippen molar-refractivity contribution in [1.29, 1.82) is 0 Å². The first-order valence-electron chi connectivity index (χ1n) is 8.45. The highest BCUT2D eigenvalue weighted by Gasteiger charge is 2.43. The van der Waals surface area contributed by atoms with Gasteiger partial charge in [0.15, 0.2) is 0 Å². The normalized spacial score (nSPS) is 21.5. The number of allylic oxidation sites excluding steroid dienone is 1. The zero-order chi connectivity index (χ0) is 19.0. The van der Waals surface area contributed by atoms with Gasteiger partial charge in [0.25, 0.3) is 11.8 Å². The molecule has 0 radical (unpaired) electrons. The first-order valence-corrected chi connectivity index (χ1v) is 8.86. The van der Waals surface area contributed by atoms with Crippen molar-refractivity contribution in [1.82, 2.24) is 9.88 Å². The number of benzene rings is 1. The number of imide groups is 1. The molecule has 0 N–H and O–H groups in total. The van der Waals surface area contributed by atoms with Gasteiger partial charge in [-0.25, -0.2) is 4.39 Å². The topological polar surface area (TPSA) is 62.6 Å². The molecule has 5 nitrogen and oxygen atoms in total. The van der Waals surface area contributed by atoms with E-state index in [1.165, 1.54) is 0 Å². The number of rotatable bonds is 3. The third-order valence-electron chi connectivity index (χ3n) is 4.87. The molecule has 1 aromatic carbocycles. The van der Waals surface area contributed by atoms with Gasteiger partial charge in [0.1, 0.15) is 6.17 Å². The molecule has 0 fully saturated rings. The molecule has 2 atom stereocenters. The molecule has 2 amide bonds. The molecule has 1 aromatic heterocycles. The van der Waals surface area contributed by atoms with Gasteiger partial charge < -0.3 is 0 Å². The largest absolute Gasteiger partial charge is 0.269 e. The van der Waals surface area contributed by atoms with Gasteiger partial charge >= 0.3 is 0 Å². The number of hydrogen-bond acceptors (Lipinski definition) is 5. The number of aromatic nitrogens is 1. The summed E-state index contributed by atoms with van der Waals surface area (Å²) in [5.41, 5.74) is 2.69. The smallest absolute Gasteiger partial charge is 0.262 e. The maximum absolute atomic E-state index is 14.8. The molecule has 0 bridgehead atoms. The van der Waals surface area contributed by atoms with Crippen molar-refractivity contribution in [3.05, 3.63) is 65.5 Å². The van der Waals surface area contributed by atoms with Gasteiger partial charge in [-0.1, -0.05) is 18.2 Å². The number of nitrogens with zero attached hydrogens (tertiary/aromatic N) is 3. The lowest BCUT2D eigenvalue weighted by atomic mass is 9.88. The number of carbonyl (C=O) groups excluding carboxylic acids is 2. The summed E-state index contributed by atoms with van der Waals surface area (Å²) in [5, 5.41) is 2.31. The van der Waals surface area contributed by atoms with Crippen LogP contribution in [-0.2, 0) is 0 Å². The summed E-state index contributed by atoms with van der Waals surface area (Å²) in [6, 6.07) is 7.36. The highest BCUT2D eigenvalue weighted by molar-refractivity contribution is 7.78. The van der Waals surface area contributed by atoms with Crippen LogP contribution in [0.2, 0.25) is 0 Å². The SMILES string of the molecule is O=C1c2ccccc2C(=O)N1[C@H]1C=C(c2ccncc2N=C=S)CC[C@@H]1F. The number of carbonyl (C=O) groups is 2. The van der Waals surface area contributed by atoms with Crippen molar-refractivity contribution in [3.63, 3.8) is 0 Å². The highest BCUT2D eigenvalue weighted by Crippen LogP contribution is 2.37. The Kier molecular flexibility index (Phi) is 4.48. The maximum Gasteiger partial charge on any atom is 0.262 e. The summed E-state index contributed by atoms with van der Waals surface area (Å²) < 4.78 is 14.8. The van der Waals surface area contributed by atoms with Gasteiger partial charge in [-0.2, -0.15) is 4.99 Å². The van der Waals surface area contributed by atoms with Crippen LogP contribution in [0.1, 0.15) is 39.1 Å². The zero-order valence-corrected chi connectivity index (χ0v) is 14.9. The molecule has 0 saturated carbocycles. The second-order valence-electron chi connectivity index (χ2n) is 6.36. The average Bonchev–Trinajstić information content (AvgIpc) is 2.94. The number of fused-ring (bicyclic) bond motifs is 1. The van der Waals surface area contributed by atoms with Crippen molar-refractivity contribution in [2.24, 2.45) is 4.99 Å². The lowest BCUT2D eigenvalue weighted by molar-refractivity contribution is 0.0532. The Morgan fingerprint density at radius 3 is 2.52 bits per heavy atom. The van der Waals surface area contributed by atoms with E-state index in [0.717, 1.165) is 16.0 Å². The number of isothiocyanates is 1. The van der Waals surface area contributed by atoms with Gasteiger partial charge in [-0.15, -0.1) is 0 Å². The summed E-state index contributed by atoms with van der Waals surface area (Å²) in [6.07, 6.45) is 4.14. The Morgan fingerprint density at radius 2 is 1.85 bits per heavy atom. The summed E-state index contributed by atoms with van der Waals surface area (Å²) in [7, 11) is 0. The summed E-state index contributed by atoms with van der Waals surface area (Å²) in [6.45, 7) is 0. The Morgan fingerprint density at radius 1 is 1.15 bits per heavy atom. The fraction of sp³-hybridized carbons (Fsp3) is 0.200. The van der Waals surface area contributed by atoms with E-state index < -0.39 is 24.0 Å². The zero-order valence-electron chi connectivity index (χ0n) is 14.1. The van der Waals surface area contributed by atoms with Crippen molar-refractivity contribution >= 4 is 40.5 Å². The second kappa shape index (κ2) is 6.95. The minimum atomic E-state index is -1.32. The fourth-order valence-corrected chi connectivity index (χ4v) is 3.69. The van der Waals surface area contributed by atoms with Crippen LogP contribution in [0, 0.1) is 0 Å². The van der Waals surface area contributed by atoms with Crippen LogP contribution in [-0.4, -0.2) is 39.1 Å². The Bertz CT molecular complexity index is 994. The minimum Gasteiger partial charge on any atom is -0.269 e. The standard InChI is InChI=1S/C20H14FN3O2S/c21-16-6-5-12(13-7-8-22-10-17(13)23-11-27)9-18(16)24-19(25)14-3-1-2-4-15(14)20(24)26/h1-4,7-10,16,18H,5-6H2/t16-,18-/m0/s1. The van der Waals surface area contributed by atoms with Gasteiger partial charge in [-0.3, -0.25) is 19.5 Å². The van der Waals surface area contributed by atoms with E-state index in [9.17, 15) is 14.0 Å². The summed E-state index contributed by atoms with van der Waals surface area (Å²) in [4.78, 5) is 34.5. The van der Waals surface area contributed by atoms with E-state index in [4.69, 9.17) is 0 Å². The molecule has 0 saturated heterocycles. The molecule has 7 heteroatoms. The lowest BCUT2D eigenvalue weighted by Crippen LogP contribution is -2.45. The number of pyridine rings is 1. The van der Waals surface area contributed by atoms with E-state index >= 15 is 0 Å². The quantitative estimate of drug-likeness (QED) is 0.459. The van der Waals surface area contributed by atoms with E-state index in [-0.39, 0.29) is 6.42 Å². The average molecular weight is 379 g/mol. The predicted octanol–water partition coefficient (Wildman–Crippen LogP) is 4.00. The number of aliphatic imine (C=N–C) groups is 1. The fourth-order valence-electron chi connectivity index (χ4n) is 3.59. The van der Waals surface area contributed by atoms with Gasteiger partial charge in [0.2, 0.25) is 0 Å². The molecule has 2 heterocycles. The number of hydrogen-bond donors (Lipinski definition) is 0. The Hall–Kier alpha value is -3.02. The van der Waals surface area contributed by atoms with Crippen LogP contribution in [0.25, 0.3) is 5.57 Å². The Balaban J connectivity index is 1.76. The van der Waals surface area contributed by atoms with Crippen LogP contribution in [0.5, 0.6) is 0 Å². The van der Waals surface area contributed by atoms with Crippen molar-refractivity contribution in [2.45, 2.75) is 25.1 Å². The molecule has 0 unspecified atom stereocenters. The van der Waals surface area contributed by atoms with Gasteiger partial charge in [-0.05, 0) is 48.8 Å². The Labute approximate surface area is 160 Å². The first kappa shape index (κ1) is 17.4. The third kappa shape index (κ3) is 2.91. The van der Waals surface area contributed by atoms with Crippen LogP contribution in [0.15, 0.2) is 53.8 Å². The van der Waals surface area contributed by atoms with Crippen LogP contribution >= 0.6 is 12.2 Å². The molecule has 134 valence electrons. The number of alkyl halides is 1. The third-order valence-corrected chi connectivity index (χ3v) is 4.96. The number of halogens is 1. The molecule has 2 aromatic rings. The van der Waals surface area contributed by atoms with Crippen LogP contribution in [0.4, 0.5) is 10.1 Å². The second-order valence-corrected chi connectivity index (χ2v) is 6.54. The summed E-state index contributed by atoms with van der Waals surface area (Å²) in [5.74, 6) is -0.930. The molecular formula is C20H14FN3O2S. The molecule has 27 heavy (non-hydrogen) atoms. The lowest BCUT2D eigenvalue weighted by Gasteiger charge is -2.31. The molecule has 4 rings (SSSR count). The van der Waals surface area contributed by atoms with E-state index in [2.05, 4.69) is 27.4 Å². The van der Waals surface area contributed by atoms with E-state index in [1.54, 1.807) is 48.8 Å². The van der Waals surface area contributed by atoms with Crippen molar-refractivity contribution in [2.75, 3.05) is 0 Å². The molecule has 2 aliphatic rings. The first-order chi connectivity index (χ1) is 13.1.